The lowest BCUT2D eigenvalue weighted by Gasteiger charge is -2.26. The molecular formula is C36H38FN7O4. The summed E-state index contributed by atoms with van der Waals surface area (Å²) in [5.74, 6) is -0.160. The fraction of sp³-hybridized carbons (Fsp3) is 0.333. The molecule has 0 atom stereocenters. The van der Waals surface area contributed by atoms with Gasteiger partial charge in [-0.1, -0.05) is 24.3 Å². The summed E-state index contributed by atoms with van der Waals surface area (Å²) in [5.41, 5.74) is 9.92. The van der Waals surface area contributed by atoms with Crippen LogP contribution in [0.5, 0.6) is 0 Å². The Bertz CT molecular complexity index is 1960. The average Bonchev–Trinajstić information content (AvgIpc) is 3.49. The summed E-state index contributed by atoms with van der Waals surface area (Å²) in [6, 6.07) is 13.2. The van der Waals surface area contributed by atoms with E-state index in [4.69, 9.17) is 15.2 Å². The molecule has 3 aromatic heterocycles. The van der Waals surface area contributed by atoms with Crippen LogP contribution in [-0.2, 0) is 22.6 Å². The van der Waals surface area contributed by atoms with Crippen LogP contribution in [0.15, 0.2) is 78.2 Å². The number of ether oxygens (including phenoxy) is 2. The Morgan fingerprint density at radius 3 is 2.31 bits per heavy atom. The summed E-state index contributed by atoms with van der Waals surface area (Å²) in [6.45, 7) is 6.89. The number of nitrogen functional groups attached to an aromatic ring is 1. The third-order valence-corrected chi connectivity index (χ3v) is 9.19. The van der Waals surface area contributed by atoms with Gasteiger partial charge in [0.05, 0.1) is 18.6 Å². The van der Waals surface area contributed by atoms with Crippen molar-refractivity contribution in [2.45, 2.75) is 25.9 Å². The Labute approximate surface area is 277 Å². The molecule has 12 heteroatoms. The highest BCUT2D eigenvalue weighted by atomic mass is 19.1. The number of nitrogens with zero attached hydrogens (tertiary/aromatic N) is 5. The van der Waals surface area contributed by atoms with Crippen molar-refractivity contribution >= 4 is 28.4 Å². The number of hydrogen-bond donors (Lipinski definition) is 2. The van der Waals surface area contributed by atoms with Crippen LogP contribution in [0.1, 0.15) is 23.2 Å². The van der Waals surface area contributed by atoms with Crippen LogP contribution >= 0.6 is 0 Å². The quantitative estimate of drug-likeness (QED) is 0.236. The Morgan fingerprint density at radius 2 is 1.56 bits per heavy atom. The molecule has 2 aliphatic rings. The van der Waals surface area contributed by atoms with E-state index in [0.29, 0.717) is 48.3 Å². The Morgan fingerprint density at radius 1 is 0.875 bits per heavy atom. The van der Waals surface area contributed by atoms with E-state index in [0.717, 1.165) is 74.4 Å². The number of carbonyl (C=O) groups is 1. The summed E-state index contributed by atoms with van der Waals surface area (Å²) in [6.07, 6.45) is 8.69. The standard InChI is InChI=1S/C36H38FN7O4/c37-27-5-1-26(2-6-27)30-20-43(19-24-9-15-47-16-10-24)21-31(33(30)45)36(46)41-28-7-3-25(4-8-28)29-22-44(12-11-42-13-17-48-18-14-42)35-32(29)34(38)39-23-40-35/h1-8,20-24H,9-19H2,(H,41,46)(H2,38,39,40). The van der Waals surface area contributed by atoms with Gasteiger partial charge < -0.3 is 29.7 Å². The molecule has 5 heterocycles. The van der Waals surface area contributed by atoms with Crippen LogP contribution in [-0.4, -0.2) is 76.0 Å². The number of halogens is 1. The summed E-state index contributed by atoms with van der Waals surface area (Å²) >= 11 is 0. The van der Waals surface area contributed by atoms with Gasteiger partial charge in [-0.05, 0) is 54.2 Å². The Balaban J connectivity index is 1.14. The molecule has 0 radical (unpaired) electrons. The predicted molar refractivity (Wildman–Crippen MR) is 182 cm³/mol. The molecule has 2 saturated heterocycles. The minimum Gasteiger partial charge on any atom is -0.383 e. The van der Waals surface area contributed by atoms with Crippen LogP contribution in [0.25, 0.3) is 33.3 Å². The number of rotatable bonds is 9. The second kappa shape index (κ2) is 14.1. The molecule has 0 saturated carbocycles. The Hall–Kier alpha value is -4.91. The summed E-state index contributed by atoms with van der Waals surface area (Å²) < 4.78 is 28.7. The summed E-state index contributed by atoms with van der Waals surface area (Å²) in [5, 5.41) is 3.68. The van der Waals surface area contributed by atoms with Crippen LogP contribution < -0.4 is 16.5 Å². The van der Waals surface area contributed by atoms with Gasteiger partial charge in [-0.25, -0.2) is 14.4 Å². The number of nitrogens with one attached hydrogen (secondary N) is 1. The molecule has 248 valence electrons. The van der Waals surface area contributed by atoms with Crippen molar-refractivity contribution < 1.29 is 18.7 Å². The number of hydrogen-bond acceptors (Lipinski definition) is 8. The maximum atomic E-state index is 13.7. The van der Waals surface area contributed by atoms with Gasteiger partial charge in [0.1, 0.15) is 29.2 Å². The average molecular weight is 652 g/mol. The molecule has 0 spiro atoms. The van der Waals surface area contributed by atoms with Gasteiger partial charge in [0.15, 0.2) is 0 Å². The summed E-state index contributed by atoms with van der Waals surface area (Å²) in [7, 11) is 0. The third-order valence-electron chi connectivity index (χ3n) is 9.19. The van der Waals surface area contributed by atoms with Crippen molar-refractivity contribution in [3.8, 4) is 22.3 Å². The van der Waals surface area contributed by atoms with Gasteiger partial charge in [-0.3, -0.25) is 14.5 Å². The zero-order valence-electron chi connectivity index (χ0n) is 26.6. The highest BCUT2D eigenvalue weighted by Gasteiger charge is 2.21. The molecule has 0 bridgehead atoms. The van der Waals surface area contributed by atoms with Crippen LogP contribution in [0.2, 0.25) is 0 Å². The van der Waals surface area contributed by atoms with Gasteiger partial charge in [0.25, 0.3) is 5.91 Å². The van der Waals surface area contributed by atoms with E-state index in [9.17, 15) is 14.0 Å². The highest BCUT2D eigenvalue weighted by molar-refractivity contribution is 6.05. The van der Waals surface area contributed by atoms with E-state index in [1.165, 1.54) is 18.5 Å². The van der Waals surface area contributed by atoms with E-state index < -0.39 is 17.2 Å². The van der Waals surface area contributed by atoms with Gasteiger partial charge in [-0.2, -0.15) is 0 Å². The monoisotopic (exact) mass is 651 g/mol. The van der Waals surface area contributed by atoms with Crippen molar-refractivity contribution in [3.63, 3.8) is 0 Å². The zero-order valence-corrected chi connectivity index (χ0v) is 26.6. The maximum absolute atomic E-state index is 13.7. The van der Waals surface area contributed by atoms with Crippen LogP contribution in [0.3, 0.4) is 0 Å². The molecular weight excluding hydrogens is 613 g/mol. The molecule has 5 aromatic rings. The maximum Gasteiger partial charge on any atom is 0.261 e. The predicted octanol–water partition coefficient (Wildman–Crippen LogP) is 4.66. The number of aromatic nitrogens is 4. The molecule has 1 amide bonds. The number of anilines is 2. The second-order valence-corrected chi connectivity index (χ2v) is 12.4. The molecule has 48 heavy (non-hydrogen) atoms. The van der Waals surface area contributed by atoms with E-state index >= 15 is 0 Å². The van der Waals surface area contributed by atoms with E-state index in [2.05, 4.69) is 24.8 Å². The lowest BCUT2D eigenvalue weighted by molar-refractivity contribution is 0.0365. The molecule has 11 nitrogen and oxygen atoms in total. The number of fused-ring (bicyclic) bond motifs is 1. The zero-order chi connectivity index (χ0) is 33.0. The van der Waals surface area contributed by atoms with E-state index in [1.807, 2.05) is 22.9 Å². The second-order valence-electron chi connectivity index (χ2n) is 12.4. The molecule has 7 rings (SSSR count). The fourth-order valence-corrected chi connectivity index (χ4v) is 6.50. The molecule has 0 aliphatic carbocycles. The molecule has 2 aromatic carbocycles. The lowest BCUT2D eigenvalue weighted by atomic mass is 9.99. The SMILES string of the molecule is Nc1ncnc2c1c(-c1ccc(NC(=O)c3cn(CC4CCOCC4)cc(-c4ccc(F)cc4)c3=O)cc1)cn2CCN1CCOCC1. The first-order valence-electron chi connectivity index (χ1n) is 16.3. The number of pyridine rings is 1. The number of morpholine rings is 1. The number of nitrogens with two attached hydrogens (primary N) is 1. The molecule has 2 aliphatic heterocycles. The number of benzene rings is 2. The van der Waals surface area contributed by atoms with Gasteiger partial charge >= 0.3 is 0 Å². The van der Waals surface area contributed by atoms with E-state index in [1.54, 1.807) is 36.7 Å². The number of carbonyl (C=O) groups excluding carboxylic acids is 1. The van der Waals surface area contributed by atoms with Crippen molar-refractivity contribution in [1.82, 2.24) is 24.0 Å². The van der Waals surface area contributed by atoms with Gasteiger partial charge in [0.2, 0.25) is 5.43 Å². The topological polar surface area (TPSA) is 130 Å². The third kappa shape index (κ3) is 6.86. The normalized spacial score (nSPS) is 15.9. The first-order chi connectivity index (χ1) is 23.4. The van der Waals surface area contributed by atoms with Crippen molar-refractivity contribution in [1.29, 1.82) is 0 Å². The smallest absolute Gasteiger partial charge is 0.261 e. The van der Waals surface area contributed by atoms with Crippen molar-refractivity contribution in [3.05, 3.63) is 95.1 Å². The first-order valence-corrected chi connectivity index (χ1v) is 16.3. The lowest BCUT2D eigenvalue weighted by Crippen LogP contribution is -2.38. The highest BCUT2D eigenvalue weighted by Crippen LogP contribution is 2.33. The Kier molecular flexibility index (Phi) is 9.28. The van der Waals surface area contributed by atoms with Gasteiger partial charge in [0, 0.05) is 81.3 Å². The molecule has 2 fully saturated rings. The molecule has 0 unspecified atom stereocenters. The van der Waals surface area contributed by atoms with Gasteiger partial charge in [-0.15, -0.1) is 0 Å². The van der Waals surface area contributed by atoms with E-state index in [-0.39, 0.29) is 5.56 Å². The van der Waals surface area contributed by atoms with Crippen molar-refractivity contribution in [2.24, 2.45) is 5.92 Å². The molecule has 3 N–H and O–H groups in total. The number of amides is 1. The van der Waals surface area contributed by atoms with Crippen molar-refractivity contribution in [2.75, 3.05) is 57.1 Å². The fourth-order valence-electron chi connectivity index (χ4n) is 6.50. The van der Waals surface area contributed by atoms with Crippen LogP contribution in [0.4, 0.5) is 15.9 Å². The minimum atomic E-state index is -0.519. The minimum absolute atomic E-state index is 0.0150. The van der Waals surface area contributed by atoms with Crippen LogP contribution in [0, 0.1) is 11.7 Å². The summed E-state index contributed by atoms with van der Waals surface area (Å²) in [4.78, 5) is 38.5. The first kappa shape index (κ1) is 31.7. The largest absolute Gasteiger partial charge is 0.383 e.